The molecule has 0 saturated heterocycles. The van der Waals surface area contributed by atoms with Gasteiger partial charge in [-0.05, 0) is 12.8 Å². The van der Waals surface area contributed by atoms with Gasteiger partial charge in [-0.1, -0.05) is 13.8 Å². The van der Waals surface area contributed by atoms with Gasteiger partial charge in [0.05, 0.1) is 0 Å². The SMILES string of the molecule is CC(=O)N[C@@H](CS)C(=O)O[C@H](C)C(C)C. The summed E-state index contributed by atoms with van der Waals surface area (Å²) < 4.78 is 5.16. The van der Waals surface area contributed by atoms with Crippen molar-refractivity contribution in [2.45, 2.75) is 39.8 Å². The molecule has 0 spiro atoms. The second kappa shape index (κ2) is 6.71. The Labute approximate surface area is 96.2 Å². The van der Waals surface area contributed by atoms with Gasteiger partial charge in [-0.2, -0.15) is 12.6 Å². The molecule has 0 aromatic carbocycles. The number of amides is 1. The summed E-state index contributed by atoms with van der Waals surface area (Å²) in [5, 5.41) is 2.48. The molecule has 0 unspecified atom stereocenters. The van der Waals surface area contributed by atoms with Gasteiger partial charge in [0.1, 0.15) is 12.1 Å². The molecule has 0 aromatic heterocycles. The van der Waals surface area contributed by atoms with Crippen LogP contribution in [0.4, 0.5) is 0 Å². The van der Waals surface area contributed by atoms with Crippen LogP contribution in [-0.2, 0) is 14.3 Å². The van der Waals surface area contributed by atoms with Crippen LogP contribution in [-0.4, -0.2) is 29.8 Å². The summed E-state index contributed by atoms with van der Waals surface area (Å²) in [6, 6.07) is -0.660. The molecule has 1 amide bonds. The number of esters is 1. The lowest BCUT2D eigenvalue weighted by molar-refractivity contribution is -0.153. The molecule has 0 bridgehead atoms. The zero-order chi connectivity index (χ0) is 12.0. The van der Waals surface area contributed by atoms with E-state index < -0.39 is 12.0 Å². The minimum atomic E-state index is -0.660. The smallest absolute Gasteiger partial charge is 0.329 e. The van der Waals surface area contributed by atoms with Crippen LogP contribution < -0.4 is 5.32 Å². The van der Waals surface area contributed by atoms with Gasteiger partial charge >= 0.3 is 5.97 Å². The van der Waals surface area contributed by atoms with Gasteiger partial charge in [0, 0.05) is 12.7 Å². The Morgan fingerprint density at radius 1 is 1.33 bits per heavy atom. The molecular formula is C10H19NO3S. The predicted molar refractivity (Wildman–Crippen MR) is 61.8 cm³/mol. The van der Waals surface area contributed by atoms with Crippen molar-refractivity contribution in [3.63, 3.8) is 0 Å². The van der Waals surface area contributed by atoms with E-state index in [2.05, 4.69) is 17.9 Å². The van der Waals surface area contributed by atoms with Crippen molar-refractivity contribution in [2.24, 2.45) is 5.92 Å². The van der Waals surface area contributed by atoms with Gasteiger partial charge in [0.25, 0.3) is 0 Å². The quantitative estimate of drug-likeness (QED) is 0.550. The van der Waals surface area contributed by atoms with Gasteiger partial charge in [-0.3, -0.25) is 4.79 Å². The molecule has 1 N–H and O–H groups in total. The Balaban J connectivity index is 4.21. The highest BCUT2D eigenvalue weighted by Gasteiger charge is 2.22. The Kier molecular flexibility index (Phi) is 6.40. The third-order valence-corrected chi connectivity index (χ3v) is 2.45. The van der Waals surface area contributed by atoms with Gasteiger partial charge < -0.3 is 10.1 Å². The van der Waals surface area contributed by atoms with Crippen molar-refractivity contribution in [1.82, 2.24) is 5.32 Å². The second-order valence-corrected chi connectivity index (χ2v) is 4.19. The van der Waals surface area contributed by atoms with Crippen LogP contribution in [0.25, 0.3) is 0 Å². The molecular weight excluding hydrogens is 214 g/mol. The van der Waals surface area contributed by atoms with Crippen molar-refractivity contribution in [2.75, 3.05) is 5.75 Å². The van der Waals surface area contributed by atoms with E-state index in [1.165, 1.54) is 6.92 Å². The summed E-state index contributed by atoms with van der Waals surface area (Å²) in [7, 11) is 0. The number of rotatable bonds is 5. The molecule has 5 heteroatoms. The molecule has 0 aliphatic heterocycles. The average molecular weight is 233 g/mol. The van der Waals surface area contributed by atoms with Gasteiger partial charge in [0.15, 0.2) is 0 Å². The highest BCUT2D eigenvalue weighted by atomic mass is 32.1. The van der Waals surface area contributed by atoms with Crippen LogP contribution >= 0.6 is 12.6 Å². The summed E-state index contributed by atoms with van der Waals surface area (Å²) in [4.78, 5) is 22.3. The van der Waals surface area contributed by atoms with Crippen LogP contribution in [0, 0.1) is 5.92 Å². The van der Waals surface area contributed by atoms with E-state index in [-0.39, 0.29) is 23.7 Å². The first-order valence-corrected chi connectivity index (χ1v) is 5.60. The molecule has 0 radical (unpaired) electrons. The van der Waals surface area contributed by atoms with E-state index in [0.29, 0.717) is 0 Å². The van der Waals surface area contributed by atoms with Gasteiger partial charge in [0.2, 0.25) is 5.91 Å². The lowest BCUT2D eigenvalue weighted by Gasteiger charge is -2.20. The summed E-state index contributed by atoms with van der Waals surface area (Å²) in [6.07, 6.45) is -0.159. The maximum absolute atomic E-state index is 11.5. The molecule has 2 atom stereocenters. The van der Waals surface area contributed by atoms with Crippen LogP contribution in [0.5, 0.6) is 0 Å². The topological polar surface area (TPSA) is 55.4 Å². The highest BCUT2D eigenvalue weighted by Crippen LogP contribution is 2.07. The molecule has 0 saturated carbocycles. The zero-order valence-electron chi connectivity index (χ0n) is 9.61. The molecule has 0 fully saturated rings. The Hall–Kier alpha value is -0.710. The fraction of sp³-hybridized carbons (Fsp3) is 0.800. The zero-order valence-corrected chi connectivity index (χ0v) is 10.5. The number of thiol groups is 1. The predicted octanol–water partition coefficient (Wildman–Crippen LogP) is 1.01. The number of carbonyl (C=O) groups excluding carboxylic acids is 2. The molecule has 0 aromatic rings. The summed E-state index contributed by atoms with van der Waals surface area (Å²) in [5.41, 5.74) is 0. The van der Waals surface area contributed by atoms with Gasteiger partial charge in [-0.25, -0.2) is 4.79 Å². The van der Waals surface area contributed by atoms with Crippen LogP contribution in [0.1, 0.15) is 27.7 Å². The monoisotopic (exact) mass is 233 g/mol. The minimum absolute atomic E-state index is 0.159. The molecule has 0 rings (SSSR count). The van der Waals surface area contributed by atoms with E-state index in [1.54, 1.807) is 0 Å². The normalized spacial score (nSPS) is 14.5. The lowest BCUT2D eigenvalue weighted by atomic mass is 10.1. The lowest BCUT2D eigenvalue weighted by Crippen LogP contribution is -2.43. The number of nitrogens with one attached hydrogen (secondary N) is 1. The fourth-order valence-electron chi connectivity index (χ4n) is 0.826. The summed E-state index contributed by atoms with van der Waals surface area (Å²) >= 11 is 3.99. The number of ether oxygens (including phenoxy) is 1. The average Bonchev–Trinajstić information content (AvgIpc) is 2.13. The highest BCUT2D eigenvalue weighted by molar-refractivity contribution is 7.80. The van der Waals surface area contributed by atoms with Crippen LogP contribution in [0.3, 0.4) is 0 Å². The third-order valence-electron chi connectivity index (χ3n) is 2.09. The molecule has 15 heavy (non-hydrogen) atoms. The van der Waals surface area contributed by atoms with Gasteiger partial charge in [-0.15, -0.1) is 0 Å². The summed E-state index contributed by atoms with van der Waals surface area (Å²) in [5.74, 6) is -0.195. The van der Waals surface area contributed by atoms with E-state index in [9.17, 15) is 9.59 Å². The van der Waals surface area contributed by atoms with Crippen molar-refractivity contribution in [3.8, 4) is 0 Å². The first-order chi connectivity index (χ1) is 6.88. The van der Waals surface area contributed by atoms with Crippen molar-refractivity contribution in [3.05, 3.63) is 0 Å². The number of hydrogen-bond acceptors (Lipinski definition) is 4. The number of carbonyl (C=O) groups is 2. The Bertz CT molecular complexity index is 231. The maximum Gasteiger partial charge on any atom is 0.329 e. The largest absolute Gasteiger partial charge is 0.461 e. The molecule has 4 nitrogen and oxygen atoms in total. The van der Waals surface area contributed by atoms with Crippen molar-refractivity contribution >= 4 is 24.5 Å². The van der Waals surface area contributed by atoms with E-state index in [0.717, 1.165) is 0 Å². The Morgan fingerprint density at radius 2 is 1.87 bits per heavy atom. The summed E-state index contributed by atoms with van der Waals surface area (Å²) in [6.45, 7) is 7.11. The first-order valence-electron chi connectivity index (χ1n) is 4.97. The van der Waals surface area contributed by atoms with E-state index >= 15 is 0 Å². The Morgan fingerprint density at radius 3 is 2.20 bits per heavy atom. The molecule has 0 aliphatic rings. The first kappa shape index (κ1) is 14.3. The standard InChI is InChI=1S/C10H19NO3S/c1-6(2)7(3)14-10(13)9(5-15)11-8(4)12/h6-7,9,15H,5H2,1-4H3,(H,11,12)/t7-,9+/m1/s1. The van der Waals surface area contributed by atoms with E-state index in [4.69, 9.17) is 4.74 Å². The van der Waals surface area contributed by atoms with Crippen molar-refractivity contribution in [1.29, 1.82) is 0 Å². The van der Waals surface area contributed by atoms with Crippen molar-refractivity contribution < 1.29 is 14.3 Å². The molecule has 0 heterocycles. The molecule has 88 valence electrons. The fourth-order valence-corrected chi connectivity index (χ4v) is 1.07. The molecule has 0 aliphatic carbocycles. The number of hydrogen-bond donors (Lipinski definition) is 2. The second-order valence-electron chi connectivity index (χ2n) is 3.82. The third kappa shape index (κ3) is 5.67. The van der Waals surface area contributed by atoms with Crippen LogP contribution in [0.2, 0.25) is 0 Å². The van der Waals surface area contributed by atoms with E-state index in [1.807, 2.05) is 20.8 Å². The van der Waals surface area contributed by atoms with Crippen LogP contribution in [0.15, 0.2) is 0 Å². The minimum Gasteiger partial charge on any atom is -0.461 e. The maximum atomic E-state index is 11.5.